The highest BCUT2D eigenvalue weighted by Crippen LogP contribution is 2.38. The van der Waals surface area contributed by atoms with Crippen LogP contribution in [-0.4, -0.2) is 32.7 Å². The lowest BCUT2D eigenvalue weighted by molar-refractivity contribution is -0.113. The Labute approximate surface area is 174 Å². The van der Waals surface area contributed by atoms with Crippen LogP contribution in [0, 0.1) is 0 Å². The monoisotopic (exact) mass is 433 g/mol. The molecular weight excluding hydrogens is 414 g/mol. The summed E-state index contributed by atoms with van der Waals surface area (Å²) in [6, 6.07) is 4.05. The summed E-state index contributed by atoms with van der Waals surface area (Å²) in [7, 11) is 0. The Balaban J connectivity index is 1.37. The standard InChI is InChI=1S/C18H19N5O2S3/c19-16(25)15-11-5-1-2-6-12(11)28-17(15)21-14(24)9-27-18-20-13(22-23-18)8-10-4-3-7-26-10/h3-4,7H,1-2,5-6,8-9H2,(H2,19,25)(H,21,24)(H,20,22,23). The molecule has 0 fully saturated rings. The zero-order chi connectivity index (χ0) is 19.5. The molecule has 4 N–H and O–H groups in total. The van der Waals surface area contributed by atoms with Crippen LogP contribution in [0.5, 0.6) is 0 Å². The third-order valence-corrected chi connectivity index (χ3v) is 7.37. The van der Waals surface area contributed by atoms with Crippen molar-refractivity contribution in [3.63, 3.8) is 0 Å². The Hall–Kier alpha value is -2.17. The van der Waals surface area contributed by atoms with E-state index in [2.05, 4.69) is 20.5 Å². The molecule has 0 atom stereocenters. The number of aromatic nitrogens is 3. The lowest BCUT2D eigenvalue weighted by Crippen LogP contribution is -2.19. The average Bonchev–Trinajstić information content (AvgIpc) is 3.39. The fraction of sp³-hybridized carbons (Fsp3) is 0.333. The van der Waals surface area contributed by atoms with E-state index in [1.165, 1.54) is 28.0 Å². The number of rotatable bonds is 7. The van der Waals surface area contributed by atoms with Gasteiger partial charge in [0.25, 0.3) is 5.91 Å². The number of nitrogens with zero attached hydrogens (tertiary/aromatic N) is 2. The van der Waals surface area contributed by atoms with Crippen molar-refractivity contribution in [1.82, 2.24) is 15.2 Å². The zero-order valence-electron chi connectivity index (χ0n) is 15.0. The van der Waals surface area contributed by atoms with Gasteiger partial charge in [0.2, 0.25) is 11.1 Å². The number of carbonyl (C=O) groups excluding carboxylic acids is 2. The molecule has 7 nitrogen and oxygen atoms in total. The third kappa shape index (κ3) is 4.29. The number of anilines is 1. The second-order valence-electron chi connectivity index (χ2n) is 6.44. The van der Waals surface area contributed by atoms with Crippen LogP contribution in [0.1, 0.15) is 44.3 Å². The minimum absolute atomic E-state index is 0.164. The van der Waals surface area contributed by atoms with Gasteiger partial charge in [0, 0.05) is 16.2 Å². The van der Waals surface area contributed by atoms with Crippen molar-refractivity contribution in [3.05, 3.63) is 44.2 Å². The van der Waals surface area contributed by atoms with E-state index < -0.39 is 5.91 Å². The summed E-state index contributed by atoms with van der Waals surface area (Å²) in [5.74, 6) is 0.259. The summed E-state index contributed by atoms with van der Waals surface area (Å²) in [5.41, 5.74) is 7.06. The Kier molecular flexibility index (Phi) is 5.79. The summed E-state index contributed by atoms with van der Waals surface area (Å²) in [4.78, 5) is 31.1. The van der Waals surface area contributed by atoms with Gasteiger partial charge in [-0.25, -0.2) is 4.98 Å². The molecule has 1 aliphatic carbocycles. The number of thiophene rings is 2. The fourth-order valence-electron chi connectivity index (χ4n) is 3.21. The van der Waals surface area contributed by atoms with Crippen molar-refractivity contribution in [2.45, 2.75) is 37.3 Å². The Bertz CT molecular complexity index is 993. The number of H-pyrrole nitrogens is 1. The zero-order valence-corrected chi connectivity index (χ0v) is 17.4. The van der Waals surface area contributed by atoms with Crippen molar-refractivity contribution in [1.29, 1.82) is 0 Å². The molecule has 1 aliphatic rings. The summed E-state index contributed by atoms with van der Waals surface area (Å²) < 4.78 is 0. The maximum Gasteiger partial charge on any atom is 0.251 e. The number of aromatic amines is 1. The van der Waals surface area contributed by atoms with Gasteiger partial charge in [-0.1, -0.05) is 17.8 Å². The van der Waals surface area contributed by atoms with Crippen molar-refractivity contribution in [3.8, 4) is 0 Å². The first-order chi connectivity index (χ1) is 13.6. The van der Waals surface area contributed by atoms with Crippen LogP contribution in [0.2, 0.25) is 0 Å². The molecule has 0 spiro atoms. The minimum atomic E-state index is -0.477. The average molecular weight is 434 g/mol. The summed E-state index contributed by atoms with van der Waals surface area (Å²) in [6.07, 6.45) is 4.63. The number of nitrogens with two attached hydrogens (primary N) is 1. The molecule has 146 valence electrons. The van der Waals surface area contributed by atoms with Gasteiger partial charge in [-0.2, -0.15) is 0 Å². The van der Waals surface area contributed by atoms with Crippen molar-refractivity contribution < 1.29 is 9.59 Å². The van der Waals surface area contributed by atoms with Crippen LogP contribution >= 0.6 is 34.4 Å². The molecule has 0 aliphatic heterocycles. The maximum atomic E-state index is 12.4. The Morgan fingerprint density at radius 3 is 2.96 bits per heavy atom. The highest BCUT2D eigenvalue weighted by Gasteiger charge is 2.25. The number of thioether (sulfide) groups is 1. The van der Waals surface area contributed by atoms with Crippen LogP contribution in [0.4, 0.5) is 5.00 Å². The number of primary amides is 1. The third-order valence-electron chi connectivity index (χ3n) is 4.44. The maximum absolute atomic E-state index is 12.4. The number of aryl methyl sites for hydroxylation is 1. The Morgan fingerprint density at radius 1 is 1.32 bits per heavy atom. The van der Waals surface area contributed by atoms with Gasteiger partial charge in [0.15, 0.2) is 0 Å². The molecule has 28 heavy (non-hydrogen) atoms. The topological polar surface area (TPSA) is 114 Å². The number of amides is 2. The van der Waals surface area contributed by atoms with Crippen molar-refractivity contribution in [2.75, 3.05) is 11.1 Å². The summed E-state index contributed by atoms with van der Waals surface area (Å²) >= 11 is 4.39. The molecule has 0 aromatic carbocycles. The molecule has 10 heteroatoms. The number of nitrogens with one attached hydrogen (secondary N) is 2. The lowest BCUT2D eigenvalue weighted by Gasteiger charge is -2.11. The largest absolute Gasteiger partial charge is 0.365 e. The van der Waals surface area contributed by atoms with E-state index in [9.17, 15) is 9.59 Å². The van der Waals surface area contributed by atoms with E-state index >= 15 is 0 Å². The first-order valence-corrected chi connectivity index (χ1v) is 11.6. The first-order valence-electron chi connectivity index (χ1n) is 8.91. The summed E-state index contributed by atoms with van der Waals surface area (Å²) in [5, 5.41) is 13.0. The molecule has 4 rings (SSSR count). The minimum Gasteiger partial charge on any atom is -0.365 e. The molecule has 0 bridgehead atoms. The molecule has 0 saturated heterocycles. The van der Waals surface area contributed by atoms with Crippen LogP contribution < -0.4 is 11.1 Å². The van der Waals surface area contributed by atoms with Crippen LogP contribution in [-0.2, 0) is 24.1 Å². The number of hydrogen-bond donors (Lipinski definition) is 3. The fourth-order valence-corrected chi connectivity index (χ4v) is 5.84. The van der Waals surface area contributed by atoms with E-state index in [1.807, 2.05) is 17.5 Å². The van der Waals surface area contributed by atoms with E-state index in [1.54, 1.807) is 11.3 Å². The van der Waals surface area contributed by atoms with Gasteiger partial charge >= 0.3 is 0 Å². The molecule has 0 unspecified atom stereocenters. The predicted molar refractivity (Wildman–Crippen MR) is 112 cm³/mol. The quantitative estimate of drug-likeness (QED) is 0.495. The second-order valence-corrected chi connectivity index (χ2v) is 9.52. The molecule has 0 radical (unpaired) electrons. The highest BCUT2D eigenvalue weighted by molar-refractivity contribution is 7.99. The van der Waals surface area contributed by atoms with Gasteiger partial charge < -0.3 is 11.1 Å². The second kappa shape index (κ2) is 8.46. The van der Waals surface area contributed by atoms with Crippen molar-refractivity contribution >= 4 is 51.3 Å². The number of carbonyl (C=O) groups is 2. The first kappa shape index (κ1) is 19.2. The van der Waals surface area contributed by atoms with Gasteiger partial charge in [-0.15, -0.1) is 27.8 Å². The highest BCUT2D eigenvalue weighted by atomic mass is 32.2. The number of fused-ring (bicyclic) bond motifs is 1. The summed E-state index contributed by atoms with van der Waals surface area (Å²) in [6.45, 7) is 0. The van der Waals surface area contributed by atoms with E-state index in [4.69, 9.17) is 5.73 Å². The lowest BCUT2D eigenvalue weighted by atomic mass is 9.95. The SMILES string of the molecule is NC(=O)c1c(NC(=O)CSc2n[nH]c(Cc3cccs3)n2)sc2c1CCCC2. The molecule has 3 heterocycles. The van der Waals surface area contributed by atoms with E-state index in [0.717, 1.165) is 41.9 Å². The molecule has 2 amide bonds. The smallest absolute Gasteiger partial charge is 0.251 e. The number of hydrogen-bond acceptors (Lipinski definition) is 7. The molecular formula is C18H19N5O2S3. The van der Waals surface area contributed by atoms with Crippen LogP contribution in [0.3, 0.4) is 0 Å². The van der Waals surface area contributed by atoms with E-state index in [0.29, 0.717) is 22.1 Å². The van der Waals surface area contributed by atoms with Gasteiger partial charge in [-0.05, 0) is 42.7 Å². The predicted octanol–water partition coefficient (Wildman–Crippen LogP) is 3.23. The Morgan fingerprint density at radius 2 is 2.18 bits per heavy atom. The molecule has 3 aromatic heterocycles. The van der Waals surface area contributed by atoms with Crippen LogP contribution in [0.15, 0.2) is 22.7 Å². The van der Waals surface area contributed by atoms with Crippen molar-refractivity contribution in [2.24, 2.45) is 5.73 Å². The molecule has 0 saturated carbocycles. The molecule has 3 aromatic rings. The van der Waals surface area contributed by atoms with Gasteiger partial charge in [0.1, 0.15) is 10.8 Å². The normalized spacial score (nSPS) is 13.3. The van der Waals surface area contributed by atoms with Crippen LogP contribution in [0.25, 0.3) is 0 Å². The van der Waals surface area contributed by atoms with Gasteiger partial charge in [0.05, 0.1) is 11.3 Å². The van der Waals surface area contributed by atoms with E-state index in [-0.39, 0.29) is 11.7 Å². The van der Waals surface area contributed by atoms with Gasteiger partial charge in [-0.3, -0.25) is 14.7 Å².